The number of hydrazine groups is 1. The van der Waals surface area contributed by atoms with Crippen molar-refractivity contribution in [2.75, 3.05) is 63.9 Å². The Morgan fingerprint density at radius 2 is 1.28 bits per heavy atom. The molecule has 13 amide bonds. The minimum absolute atomic E-state index is 0. The molecule has 0 bridgehead atoms. The SMILES string of the molecule is [CH2-]C(=O)NCCN(CC(=O)NCCN(CC(=O)N[C@@H](CC(C)C)C(=O)N1CCC[C@H]1C(=O)N[C@H]1CSSC[C@@H](C)NC(=O)[C@H](C(C)O)NC(=O)CNC(=O)[C@H](Cc2ccc(O)cc2)NC(=O)[C@H](Cc2ccc(O)cc2)NC(=O)[C@H](CC(=O)O)NC1=O)C(=O)Cn1cc(C)c(=O)[nH]c1=O)NC([CH2-])=O.[Gd].[Gd]. The van der Waals surface area contributed by atoms with Crippen molar-refractivity contribution in [2.45, 2.75) is 134 Å². The first-order chi connectivity index (χ1) is 48.2. The van der Waals surface area contributed by atoms with Gasteiger partial charge in [0, 0.05) is 155 Å². The smallest absolute Gasteiger partial charge is 0.328 e. The van der Waals surface area contributed by atoms with Gasteiger partial charge in [0.25, 0.3) is 5.56 Å². The van der Waals surface area contributed by atoms with E-state index in [4.69, 9.17) is 0 Å². The number of benzene rings is 2. The Labute approximate surface area is 670 Å². The summed E-state index contributed by atoms with van der Waals surface area (Å²) in [7, 11) is 2.05. The van der Waals surface area contributed by atoms with Gasteiger partial charge in [-0.25, -0.2) is 9.80 Å². The van der Waals surface area contributed by atoms with Gasteiger partial charge in [-0.1, -0.05) is 59.7 Å². The summed E-state index contributed by atoms with van der Waals surface area (Å²) in [5.74, 6) is -14.1. The molecule has 0 spiro atoms. The second-order valence-corrected chi connectivity index (χ2v) is 27.2. The standard InChI is InChI=1S/C64H88N16O20S2.2Gd/c1-34(2)23-47(69-52(88)29-77(53(89)31-78-28-35(3)56(92)75-64(78)100)21-18-66-51(87)30-79(76-39(7)83)22-19-65-38(6)82)63(99)80-20-8-9-49(80)61(97)73-48-33-102-101-32-36(4)68-62(98)55(37(5)81)74-50(86)27-67-57(93)44(24-40-10-14-42(84)15-11-40)70-58(94)45(25-41-12-16-43(85)17-13-41)71-59(95)46(26-54(90)91)72-60(48)96;;/h10-17,28,34,36-37,44-49,55,81,84-85H,6-9,18-27,29-33H2,1-5H3,(H,65,82)(H,66,87)(H,67,93)(H,68,98)(H,69,88)(H,70,94)(H,71,95)(H,72,96)(H,73,97)(H,74,86)(H,76,83)(H,90,91)(H,75,92,100);;/q-2;;/t36-,37?,44+,45+,46+,47+,48+,49+,55+;;/m1../s1. The summed E-state index contributed by atoms with van der Waals surface area (Å²) in [5, 5.41) is 67.1. The number of phenols is 2. The van der Waals surface area contributed by atoms with Crippen molar-refractivity contribution in [3.8, 4) is 11.5 Å². The number of rotatable bonds is 26. The summed E-state index contributed by atoms with van der Waals surface area (Å²) < 4.78 is 0.889. The molecule has 3 aromatic rings. The van der Waals surface area contributed by atoms with Crippen LogP contribution in [-0.2, 0) is 86.5 Å². The number of carboxylic acids is 1. The number of nitrogens with one attached hydrogen (secondary N) is 12. The van der Waals surface area contributed by atoms with E-state index in [1.54, 1.807) is 20.8 Å². The van der Waals surface area contributed by atoms with Gasteiger partial charge in [0.2, 0.25) is 65.0 Å². The van der Waals surface area contributed by atoms with Crippen molar-refractivity contribution in [2.24, 2.45) is 5.92 Å². The third-order valence-corrected chi connectivity index (χ3v) is 18.2. The number of aromatic nitrogens is 2. The molecule has 2 saturated heterocycles. The zero-order valence-electron chi connectivity index (χ0n) is 57.5. The van der Waals surface area contributed by atoms with E-state index in [1.165, 1.54) is 67.3 Å². The van der Waals surface area contributed by atoms with Gasteiger partial charge in [-0.3, -0.25) is 71.9 Å². The van der Waals surface area contributed by atoms with Crippen LogP contribution >= 0.6 is 21.6 Å². The molecule has 40 heteroatoms. The van der Waals surface area contributed by atoms with Crippen LogP contribution in [0.25, 0.3) is 0 Å². The van der Waals surface area contributed by atoms with Gasteiger partial charge in [-0.2, -0.15) is 0 Å². The number of hydrogen-bond donors (Lipinski definition) is 16. The molecule has 2 fully saturated rings. The van der Waals surface area contributed by atoms with Gasteiger partial charge in [0.05, 0.1) is 44.0 Å². The fraction of sp³-hybridized carbons (Fsp3) is 0.500. The number of phenolic OH excluding ortho intramolecular Hbond substituents is 2. The average molecular weight is 1780 g/mol. The summed E-state index contributed by atoms with van der Waals surface area (Å²) in [4.78, 5) is 220. The molecule has 2 aliphatic heterocycles. The third-order valence-electron chi connectivity index (χ3n) is 15.6. The van der Waals surface area contributed by atoms with Crippen LogP contribution < -0.4 is 69.8 Å². The summed E-state index contributed by atoms with van der Waals surface area (Å²) in [6, 6.07) is -0.956. The second kappa shape index (κ2) is 45.0. The van der Waals surface area contributed by atoms with Crippen LogP contribution in [0.1, 0.15) is 70.1 Å². The van der Waals surface area contributed by atoms with E-state index in [1.807, 2.05) is 0 Å². The summed E-state index contributed by atoms with van der Waals surface area (Å²) in [5.41, 5.74) is 1.46. The predicted octanol–water partition coefficient (Wildman–Crippen LogP) is -5.38. The Morgan fingerprint density at radius 1 is 0.702 bits per heavy atom. The summed E-state index contributed by atoms with van der Waals surface area (Å²) in [6.45, 7) is 10.5. The molecule has 9 atom stereocenters. The van der Waals surface area contributed by atoms with Crippen molar-refractivity contribution >= 4 is 104 Å². The number of amides is 13. The number of aliphatic hydroxyl groups excluding tert-OH is 1. The second-order valence-electron chi connectivity index (χ2n) is 24.7. The van der Waals surface area contributed by atoms with Gasteiger partial charge in [0.15, 0.2) is 0 Å². The quantitative estimate of drug-likeness (QED) is 0.0203. The molecule has 2 aromatic carbocycles. The predicted molar refractivity (Wildman–Crippen MR) is 368 cm³/mol. The molecule has 0 saturated carbocycles. The van der Waals surface area contributed by atoms with Crippen LogP contribution in [0, 0.1) is 107 Å². The van der Waals surface area contributed by atoms with Crippen molar-refractivity contribution in [3.63, 3.8) is 0 Å². The number of carbonyl (C=O) groups is 14. The van der Waals surface area contributed by atoms with Crippen LogP contribution in [0.4, 0.5) is 0 Å². The van der Waals surface area contributed by atoms with Crippen LogP contribution in [-0.4, -0.2) is 246 Å². The van der Waals surface area contributed by atoms with Crippen LogP contribution in [0.3, 0.4) is 0 Å². The van der Waals surface area contributed by atoms with Gasteiger partial charge in [-0.15, -0.1) is 0 Å². The number of H-pyrrole nitrogens is 1. The first-order valence-corrected chi connectivity index (χ1v) is 34.9. The molecule has 1 aromatic heterocycles. The Kier molecular flexibility index (Phi) is 39.1. The number of carboxylic acid groups (broad SMARTS) is 1. The zero-order chi connectivity index (χ0) is 75.5. The number of carbonyl (C=O) groups excluding carboxylic acids is 13. The topological polar surface area (TPSA) is 517 Å². The van der Waals surface area contributed by atoms with Gasteiger partial charge >= 0.3 is 11.7 Å². The maximum atomic E-state index is 14.8. The van der Waals surface area contributed by atoms with Gasteiger partial charge < -0.3 is 112 Å². The van der Waals surface area contributed by atoms with Gasteiger partial charge in [0.1, 0.15) is 60.3 Å². The number of nitrogens with zero attached hydrogens (tertiary/aromatic N) is 4. The number of aliphatic carboxylic acids is 1. The molecule has 16 N–H and O–H groups in total. The van der Waals surface area contributed by atoms with Crippen molar-refractivity contribution < 1.29 is 167 Å². The van der Waals surface area contributed by atoms with Crippen LogP contribution in [0.15, 0.2) is 64.3 Å². The van der Waals surface area contributed by atoms with E-state index in [9.17, 15) is 97.1 Å². The van der Waals surface area contributed by atoms with E-state index in [2.05, 4.69) is 77.4 Å². The third kappa shape index (κ3) is 31.2. The van der Waals surface area contributed by atoms with E-state index in [0.29, 0.717) is 11.1 Å². The first kappa shape index (κ1) is 90.5. The maximum Gasteiger partial charge on any atom is 0.328 e. The number of aromatic amines is 1. The summed E-state index contributed by atoms with van der Waals surface area (Å²) in [6.07, 6.45) is -1.90. The zero-order valence-corrected chi connectivity index (χ0v) is 63.7. The molecular formula is C64H88Gd2N16O20S2-2. The monoisotopic (exact) mass is 1780 g/mol. The fourth-order valence-corrected chi connectivity index (χ4v) is 12.9. The summed E-state index contributed by atoms with van der Waals surface area (Å²) >= 11 is 0. The van der Waals surface area contributed by atoms with Crippen molar-refractivity contribution in [1.82, 2.24) is 83.0 Å². The number of aromatic hydroxyl groups is 2. The fourth-order valence-electron chi connectivity index (χ4n) is 10.5. The molecule has 0 radical (unpaired) electrons. The maximum absolute atomic E-state index is 14.8. The van der Waals surface area contributed by atoms with E-state index < -0.39 is 181 Å². The molecule has 104 heavy (non-hydrogen) atoms. The van der Waals surface area contributed by atoms with Crippen molar-refractivity contribution in [1.29, 1.82) is 0 Å². The molecule has 574 valence electrons. The van der Waals surface area contributed by atoms with Crippen LogP contribution in [0.2, 0.25) is 0 Å². The molecule has 36 nitrogen and oxygen atoms in total. The normalized spacial score (nSPS) is 20.0. The van der Waals surface area contributed by atoms with E-state index >= 15 is 0 Å². The van der Waals surface area contributed by atoms with E-state index in [-0.39, 0.29) is 179 Å². The molecule has 2 aliphatic rings. The number of aliphatic hydroxyl groups is 1. The van der Waals surface area contributed by atoms with E-state index in [0.717, 1.165) is 42.3 Å². The van der Waals surface area contributed by atoms with Crippen LogP contribution in [0.5, 0.6) is 11.5 Å². The largest absolute Gasteiger partial charge is 0.508 e. The Morgan fingerprint density at radius 3 is 1.86 bits per heavy atom. The molecule has 3 heterocycles. The Bertz CT molecular complexity index is 3650. The number of aryl methyl sites for hydroxylation is 1. The minimum Gasteiger partial charge on any atom is -0.508 e. The Hall–Kier alpha value is -7.69. The first-order valence-electron chi connectivity index (χ1n) is 32.4. The number of likely N-dealkylation sites (tertiary alicyclic amines) is 1. The Balaban J connectivity index is 0.0000140. The molecule has 5 rings (SSSR count). The molecule has 1 unspecified atom stereocenters. The molecular weight excluding hydrogens is 1690 g/mol. The average Bonchev–Trinajstić information content (AvgIpc) is 1.72. The minimum atomic E-state index is -1.99. The molecule has 0 aliphatic carbocycles. The van der Waals surface area contributed by atoms with Gasteiger partial charge in [-0.05, 0) is 81.3 Å². The van der Waals surface area contributed by atoms with Crippen molar-refractivity contribution in [3.05, 3.63) is 106 Å². The number of hydrogen-bond acceptors (Lipinski definition) is 22.